The summed E-state index contributed by atoms with van der Waals surface area (Å²) in [6.07, 6.45) is -4.65. The highest BCUT2D eigenvalue weighted by atomic mass is 32.2. The van der Waals surface area contributed by atoms with Crippen LogP contribution < -0.4 is 0 Å². The number of rotatable bonds is 6. The lowest BCUT2D eigenvalue weighted by atomic mass is 10.2. The monoisotopic (exact) mass is 425 g/mol. The summed E-state index contributed by atoms with van der Waals surface area (Å²) in [5, 5.41) is 7.79. The minimum absolute atomic E-state index is 0.0353. The fourth-order valence-corrected chi connectivity index (χ4v) is 4.29. The summed E-state index contributed by atoms with van der Waals surface area (Å²) in [6, 6.07) is 12.0. The molecule has 0 aliphatic rings. The zero-order chi connectivity index (χ0) is 21.2. The average molecular weight is 425 g/mol. The molecule has 6 nitrogen and oxygen atoms in total. The normalized spacial score (nSPS) is 12.7. The van der Waals surface area contributed by atoms with E-state index in [2.05, 4.69) is 10.2 Å². The molecule has 0 atom stereocenters. The Morgan fingerprint density at radius 2 is 1.72 bits per heavy atom. The Morgan fingerprint density at radius 1 is 1.03 bits per heavy atom. The van der Waals surface area contributed by atoms with Crippen molar-refractivity contribution in [3.05, 3.63) is 66.1 Å². The Labute approximate surface area is 166 Å². The summed E-state index contributed by atoms with van der Waals surface area (Å²) in [5.74, 6) is 0.258. The highest BCUT2D eigenvalue weighted by molar-refractivity contribution is 7.89. The molecular weight excluding hydrogens is 407 g/mol. The van der Waals surface area contributed by atoms with Crippen LogP contribution in [0.1, 0.15) is 25.3 Å². The molecule has 0 radical (unpaired) electrons. The SMILES string of the molecule is CC(C)N(Cc1nnc(-c2ccccc2)o1)S(=O)(=O)c1cccc(C(F)(F)F)c1. The summed E-state index contributed by atoms with van der Waals surface area (Å²) in [6.45, 7) is 2.95. The minimum atomic E-state index is -4.65. The number of hydrogen-bond donors (Lipinski definition) is 0. The van der Waals surface area contributed by atoms with Gasteiger partial charge in [0, 0.05) is 11.6 Å². The molecule has 1 heterocycles. The van der Waals surface area contributed by atoms with Crippen LogP contribution in [0.25, 0.3) is 11.5 Å². The van der Waals surface area contributed by atoms with Gasteiger partial charge in [-0.3, -0.25) is 0 Å². The van der Waals surface area contributed by atoms with Crippen molar-refractivity contribution < 1.29 is 26.0 Å². The summed E-state index contributed by atoms with van der Waals surface area (Å²) in [5.41, 5.74) is -0.366. The molecule has 3 aromatic rings. The third-order valence-corrected chi connectivity index (χ3v) is 6.14. The summed E-state index contributed by atoms with van der Waals surface area (Å²) >= 11 is 0. The van der Waals surface area contributed by atoms with Crippen molar-refractivity contribution in [2.45, 2.75) is 37.5 Å². The zero-order valence-electron chi connectivity index (χ0n) is 15.6. The number of aromatic nitrogens is 2. The van der Waals surface area contributed by atoms with E-state index >= 15 is 0 Å². The molecule has 2 aromatic carbocycles. The summed E-state index contributed by atoms with van der Waals surface area (Å²) in [7, 11) is -4.23. The summed E-state index contributed by atoms with van der Waals surface area (Å²) in [4.78, 5) is -0.455. The van der Waals surface area contributed by atoms with Gasteiger partial charge in [-0.2, -0.15) is 17.5 Å². The van der Waals surface area contributed by atoms with E-state index in [1.807, 2.05) is 6.07 Å². The van der Waals surface area contributed by atoms with Crippen LogP contribution in [0.3, 0.4) is 0 Å². The molecule has 0 bridgehead atoms. The van der Waals surface area contributed by atoms with E-state index in [1.54, 1.807) is 38.1 Å². The third-order valence-electron chi connectivity index (χ3n) is 4.12. The van der Waals surface area contributed by atoms with Crippen molar-refractivity contribution in [3.8, 4) is 11.5 Å². The predicted molar refractivity (Wildman–Crippen MR) is 99.0 cm³/mol. The maximum Gasteiger partial charge on any atom is 0.416 e. The van der Waals surface area contributed by atoms with Crippen molar-refractivity contribution in [1.82, 2.24) is 14.5 Å². The van der Waals surface area contributed by atoms with Gasteiger partial charge in [0.05, 0.1) is 17.0 Å². The Kier molecular flexibility index (Phi) is 5.76. The van der Waals surface area contributed by atoms with Gasteiger partial charge in [-0.05, 0) is 44.2 Å². The first-order valence-electron chi connectivity index (χ1n) is 8.66. The molecule has 0 unspecified atom stereocenters. The highest BCUT2D eigenvalue weighted by Gasteiger charge is 2.34. The van der Waals surface area contributed by atoms with Gasteiger partial charge in [0.25, 0.3) is 0 Å². The van der Waals surface area contributed by atoms with Crippen LogP contribution in [0.2, 0.25) is 0 Å². The molecular formula is C19H18F3N3O3S. The van der Waals surface area contributed by atoms with Crippen LogP contribution in [-0.4, -0.2) is 29.0 Å². The van der Waals surface area contributed by atoms with Crippen molar-refractivity contribution in [2.24, 2.45) is 0 Å². The Balaban J connectivity index is 1.91. The van der Waals surface area contributed by atoms with Crippen LogP contribution in [0.4, 0.5) is 13.2 Å². The number of sulfonamides is 1. The zero-order valence-corrected chi connectivity index (χ0v) is 16.4. The van der Waals surface area contributed by atoms with Crippen molar-refractivity contribution in [3.63, 3.8) is 0 Å². The predicted octanol–water partition coefficient (Wildman–Crippen LogP) is 4.35. The molecule has 0 aliphatic heterocycles. The molecule has 0 aliphatic carbocycles. The fourth-order valence-electron chi connectivity index (χ4n) is 2.66. The van der Waals surface area contributed by atoms with E-state index in [0.717, 1.165) is 22.5 Å². The van der Waals surface area contributed by atoms with Crippen molar-refractivity contribution >= 4 is 10.0 Å². The van der Waals surface area contributed by atoms with Gasteiger partial charge in [0.15, 0.2) is 0 Å². The van der Waals surface area contributed by atoms with Gasteiger partial charge in [-0.1, -0.05) is 24.3 Å². The number of hydrogen-bond acceptors (Lipinski definition) is 5. The Morgan fingerprint density at radius 3 is 2.34 bits per heavy atom. The molecule has 10 heteroatoms. The quantitative estimate of drug-likeness (QED) is 0.587. The molecule has 0 saturated heterocycles. The topological polar surface area (TPSA) is 76.3 Å². The lowest BCUT2D eigenvalue weighted by Gasteiger charge is -2.24. The molecule has 0 amide bonds. The lowest BCUT2D eigenvalue weighted by Crippen LogP contribution is -2.36. The van der Waals surface area contributed by atoms with Crippen molar-refractivity contribution in [1.29, 1.82) is 0 Å². The van der Waals surface area contributed by atoms with Gasteiger partial charge in [0.1, 0.15) is 0 Å². The van der Waals surface area contributed by atoms with E-state index in [0.29, 0.717) is 11.6 Å². The first-order chi connectivity index (χ1) is 13.6. The number of benzene rings is 2. The van der Waals surface area contributed by atoms with E-state index in [9.17, 15) is 21.6 Å². The molecule has 154 valence electrons. The standard InChI is InChI=1S/C19H18F3N3O3S/c1-13(2)25(12-17-23-24-18(28-17)14-7-4-3-5-8-14)29(26,27)16-10-6-9-15(11-16)19(20,21)22/h3-11,13H,12H2,1-2H3. The second-order valence-corrected chi connectivity index (χ2v) is 8.43. The highest BCUT2D eigenvalue weighted by Crippen LogP contribution is 2.32. The first kappa shape index (κ1) is 21.0. The molecule has 0 N–H and O–H groups in total. The van der Waals surface area contributed by atoms with Gasteiger partial charge in [-0.25, -0.2) is 8.42 Å². The van der Waals surface area contributed by atoms with Gasteiger partial charge in [-0.15, -0.1) is 10.2 Å². The molecule has 0 saturated carbocycles. The largest absolute Gasteiger partial charge is 0.419 e. The molecule has 1 aromatic heterocycles. The summed E-state index contributed by atoms with van der Waals surface area (Å²) < 4.78 is 71.5. The van der Waals surface area contributed by atoms with Gasteiger partial charge < -0.3 is 4.42 Å². The average Bonchev–Trinajstić information content (AvgIpc) is 3.15. The maximum absolute atomic E-state index is 13.0. The van der Waals surface area contributed by atoms with Crippen LogP contribution >= 0.6 is 0 Å². The van der Waals surface area contributed by atoms with Gasteiger partial charge in [0.2, 0.25) is 21.8 Å². The first-order valence-corrected chi connectivity index (χ1v) is 10.1. The Hall–Kier alpha value is -2.72. The van der Waals surface area contributed by atoms with Gasteiger partial charge >= 0.3 is 6.18 Å². The van der Waals surface area contributed by atoms with Crippen LogP contribution in [0.15, 0.2) is 63.9 Å². The molecule has 29 heavy (non-hydrogen) atoms. The second-order valence-electron chi connectivity index (χ2n) is 6.54. The van der Waals surface area contributed by atoms with Crippen LogP contribution in [0.5, 0.6) is 0 Å². The number of alkyl halides is 3. The minimum Gasteiger partial charge on any atom is -0.419 e. The van der Waals surface area contributed by atoms with E-state index in [-0.39, 0.29) is 18.3 Å². The third kappa shape index (κ3) is 4.65. The fraction of sp³-hybridized carbons (Fsp3) is 0.263. The molecule has 0 fully saturated rings. The van der Waals surface area contributed by atoms with Crippen molar-refractivity contribution in [2.75, 3.05) is 0 Å². The Bertz CT molecular complexity index is 1080. The van der Waals surface area contributed by atoms with E-state index in [1.165, 1.54) is 0 Å². The van der Waals surface area contributed by atoms with Crippen LogP contribution in [0, 0.1) is 0 Å². The smallest absolute Gasteiger partial charge is 0.416 e. The van der Waals surface area contributed by atoms with E-state index in [4.69, 9.17) is 4.42 Å². The maximum atomic E-state index is 13.0. The lowest BCUT2D eigenvalue weighted by molar-refractivity contribution is -0.137. The number of halogens is 3. The second kappa shape index (κ2) is 7.96. The molecule has 3 rings (SSSR count). The van der Waals surface area contributed by atoms with Crippen LogP contribution in [-0.2, 0) is 22.7 Å². The van der Waals surface area contributed by atoms with E-state index < -0.39 is 32.7 Å². The molecule has 0 spiro atoms. The number of nitrogens with zero attached hydrogens (tertiary/aromatic N) is 3.